The van der Waals surface area contributed by atoms with Gasteiger partial charge in [-0.3, -0.25) is 0 Å². The van der Waals surface area contributed by atoms with Crippen LogP contribution in [0.3, 0.4) is 0 Å². The van der Waals surface area contributed by atoms with Crippen molar-refractivity contribution in [2.45, 2.75) is 32.7 Å². The van der Waals surface area contributed by atoms with Crippen LogP contribution in [0.15, 0.2) is 18.2 Å². The Morgan fingerprint density at radius 2 is 2.21 bits per heavy atom. The van der Waals surface area contributed by atoms with Crippen molar-refractivity contribution in [2.24, 2.45) is 0 Å². The number of halogens is 1. The molecule has 0 amide bonds. The van der Waals surface area contributed by atoms with Gasteiger partial charge in [0.1, 0.15) is 5.82 Å². The van der Waals surface area contributed by atoms with E-state index >= 15 is 0 Å². The van der Waals surface area contributed by atoms with Gasteiger partial charge in [0, 0.05) is 0 Å². The maximum atomic E-state index is 13.7. The number of rotatable bonds is 5. The Hall–Kier alpha value is -1.33. The Balaban J connectivity index is 2.38. The van der Waals surface area contributed by atoms with Gasteiger partial charge in [0.15, 0.2) is 0 Å². The summed E-state index contributed by atoms with van der Waals surface area (Å²) in [5, 5.41) is 7.41. The first-order valence-corrected chi connectivity index (χ1v) is 7.19. The van der Waals surface area contributed by atoms with Crippen molar-refractivity contribution in [2.75, 3.05) is 7.05 Å². The average Bonchev–Trinajstić information content (AvgIpc) is 2.83. The van der Waals surface area contributed by atoms with Gasteiger partial charge in [-0.1, -0.05) is 30.0 Å². The molecule has 5 heteroatoms. The number of nitrogens with zero attached hydrogens (tertiary/aromatic N) is 2. The summed E-state index contributed by atoms with van der Waals surface area (Å²) in [6.07, 6.45) is 1.93. The minimum atomic E-state index is -0.174. The van der Waals surface area contributed by atoms with Crippen molar-refractivity contribution in [3.05, 3.63) is 45.7 Å². The fourth-order valence-electron chi connectivity index (χ4n) is 2.08. The molecule has 1 unspecified atom stereocenters. The van der Waals surface area contributed by atoms with E-state index in [-0.39, 0.29) is 11.9 Å². The van der Waals surface area contributed by atoms with Gasteiger partial charge in [-0.25, -0.2) is 4.39 Å². The molecule has 2 rings (SSSR count). The molecule has 0 aliphatic carbocycles. The zero-order valence-electron chi connectivity index (χ0n) is 11.4. The molecule has 0 aliphatic heterocycles. The molecule has 19 heavy (non-hydrogen) atoms. The van der Waals surface area contributed by atoms with Crippen LogP contribution in [0.2, 0.25) is 0 Å². The largest absolute Gasteiger partial charge is 0.309 e. The summed E-state index contributed by atoms with van der Waals surface area (Å²) in [5.74, 6) is -0.174. The highest BCUT2D eigenvalue weighted by molar-refractivity contribution is 7.05. The van der Waals surface area contributed by atoms with E-state index in [1.165, 1.54) is 11.5 Å². The van der Waals surface area contributed by atoms with Crippen LogP contribution in [0.1, 0.15) is 41.1 Å². The molecule has 0 fully saturated rings. The molecule has 0 saturated carbocycles. The molecule has 2 aromatic rings. The van der Waals surface area contributed by atoms with E-state index in [1.807, 2.05) is 19.2 Å². The van der Waals surface area contributed by atoms with Gasteiger partial charge in [-0.05, 0) is 49.1 Å². The second kappa shape index (κ2) is 6.21. The smallest absolute Gasteiger partial charge is 0.126 e. The third-order valence-corrected chi connectivity index (χ3v) is 3.98. The van der Waals surface area contributed by atoms with Crippen LogP contribution in [0.5, 0.6) is 0 Å². The van der Waals surface area contributed by atoms with E-state index in [4.69, 9.17) is 0 Å². The van der Waals surface area contributed by atoms with E-state index in [2.05, 4.69) is 21.8 Å². The summed E-state index contributed by atoms with van der Waals surface area (Å²) < 4.78 is 17.7. The number of aromatic nitrogens is 2. The lowest BCUT2D eigenvalue weighted by molar-refractivity contribution is 0.608. The Morgan fingerprint density at radius 1 is 1.42 bits per heavy atom. The number of hydrogen-bond donors (Lipinski definition) is 1. The zero-order chi connectivity index (χ0) is 13.8. The maximum absolute atomic E-state index is 13.7. The first-order chi connectivity index (χ1) is 9.17. The van der Waals surface area contributed by atoms with Crippen LogP contribution in [0.25, 0.3) is 0 Å². The molecule has 3 nitrogen and oxygen atoms in total. The Labute approximate surface area is 117 Å². The Bertz CT molecular complexity index is 553. The second-order valence-corrected chi connectivity index (χ2v) is 5.35. The molecule has 1 aromatic carbocycles. The minimum absolute atomic E-state index is 0.0448. The molecule has 0 bridgehead atoms. The molecule has 0 spiro atoms. The van der Waals surface area contributed by atoms with Crippen molar-refractivity contribution in [1.82, 2.24) is 14.9 Å². The summed E-state index contributed by atoms with van der Waals surface area (Å²) in [6.45, 7) is 3.88. The van der Waals surface area contributed by atoms with Crippen molar-refractivity contribution in [3.8, 4) is 0 Å². The van der Waals surface area contributed by atoms with Crippen LogP contribution in [0.4, 0.5) is 4.39 Å². The lowest BCUT2D eigenvalue weighted by Crippen LogP contribution is -2.18. The van der Waals surface area contributed by atoms with Gasteiger partial charge in [-0.2, -0.15) is 0 Å². The van der Waals surface area contributed by atoms with Gasteiger partial charge in [0.05, 0.1) is 16.6 Å². The van der Waals surface area contributed by atoms with E-state index in [0.29, 0.717) is 5.56 Å². The molecule has 1 atom stereocenters. The summed E-state index contributed by atoms with van der Waals surface area (Å²) in [6, 6.07) is 5.31. The summed E-state index contributed by atoms with van der Waals surface area (Å²) in [7, 11) is 1.87. The lowest BCUT2D eigenvalue weighted by atomic mass is 10.0. The van der Waals surface area contributed by atoms with Crippen LogP contribution in [0, 0.1) is 12.7 Å². The Kier molecular flexibility index (Phi) is 4.61. The fourth-order valence-corrected chi connectivity index (χ4v) is 2.92. The van der Waals surface area contributed by atoms with Gasteiger partial charge < -0.3 is 5.32 Å². The first kappa shape index (κ1) is 14.1. The number of aryl methyl sites for hydroxylation is 2. The normalized spacial score (nSPS) is 12.6. The maximum Gasteiger partial charge on any atom is 0.126 e. The molecular weight excluding hydrogens is 261 g/mol. The standard InChI is InChI=1S/C14H18FN3S/c1-4-5-12-14(19-18-17-12)13(16-3)10-7-6-9(2)11(15)8-10/h6-8,13,16H,4-5H2,1-3H3. The minimum Gasteiger partial charge on any atom is -0.309 e. The SMILES string of the molecule is CCCc1nnsc1C(NC)c1ccc(C)c(F)c1. The predicted molar refractivity (Wildman–Crippen MR) is 75.9 cm³/mol. The van der Waals surface area contributed by atoms with Crippen LogP contribution in [-0.4, -0.2) is 16.6 Å². The van der Waals surface area contributed by atoms with Crippen molar-refractivity contribution >= 4 is 11.5 Å². The number of hydrogen-bond acceptors (Lipinski definition) is 4. The van der Waals surface area contributed by atoms with E-state index in [0.717, 1.165) is 29.0 Å². The van der Waals surface area contributed by atoms with Gasteiger partial charge in [0.2, 0.25) is 0 Å². The summed E-state index contributed by atoms with van der Waals surface area (Å²) in [4.78, 5) is 1.08. The van der Waals surface area contributed by atoms with Crippen molar-refractivity contribution in [1.29, 1.82) is 0 Å². The number of nitrogens with one attached hydrogen (secondary N) is 1. The van der Waals surface area contributed by atoms with Crippen LogP contribution in [-0.2, 0) is 6.42 Å². The van der Waals surface area contributed by atoms with Gasteiger partial charge in [0.25, 0.3) is 0 Å². The second-order valence-electron chi connectivity index (χ2n) is 4.56. The molecule has 1 heterocycles. The van der Waals surface area contributed by atoms with Crippen LogP contribution >= 0.6 is 11.5 Å². The third kappa shape index (κ3) is 2.98. The third-order valence-electron chi connectivity index (χ3n) is 3.15. The lowest BCUT2D eigenvalue weighted by Gasteiger charge is -2.16. The van der Waals surface area contributed by atoms with Gasteiger partial charge >= 0.3 is 0 Å². The van der Waals surface area contributed by atoms with Gasteiger partial charge in [-0.15, -0.1) is 5.10 Å². The van der Waals surface area contributed by atoms with E-state index in [1.54, 1.807) is 13.0 Å². The average molecular weight is 279 g/mol. The van der Waals surface area contributed by atoms with Crippen molar-refractivity contribution < 1.29 is 4.39 Å². The fraction of sp³-hybridized carbons (Fsp3) is 0.429. The Morgan fingerprint density at radius 3 is 2.84 bits per heavy atom. The topological polar surface area (TPSA) is 37.8 Å². The number of benzene rings is 1. The predicted octanol–water partition coefficient (Wildman–Crippen LogP) is 3.25. The van der Waals surface area contributed by atoms with E-state index < -0.39 is 0 Å². The van der Waals surface area contributed by atoms with E-state index in [9.17, 15) is 4.39 Å². The van der Waals surface area contributed by atoms with Crippen molar-refractivity contribution in [3.63, 3.8) is 0 Å². The highest BCUT2D eigenvalue weighted by atomic mass is 32.1. The highest BCUT2D eigenvalue weighted by Crippen LogP contribution is 2.28. The van der Waals surface area contributed by atoms with Crippen LogP contribution < -0.4 is 5.32 Å². The summed E-state index contributed by atoms with van der Waals surface area (Å²) in [5.41, 5.74) is 2.58. The zero-order valence-corrected chi connectivity index (χ0v) is 12.2. The molecule has 0 aliphatic rings. The molecule has 1 aromatic heterocycles. The quantitative estimate of drug-likeness (QED) is 0.913. The molecular formula is C14H18FN3S. The monoisotopic (exact) mass is 279 g/mol. The summed E-state index contributed by atoms with van der Waals surface area (Å²) >= 11 is 1.38. The molecule has 1 N–H and O–H groups in total. The first-order valence-electron chi connectivity index (χ1n) is 6.41. The molecule has 0 saturated heterocycles. The molecule has 0 radical (unpaired) electrons. The highest BCUT2D eigenvalue weighted by Gasteiger charge is 2.20. The molecule has 102 valence electrons.